The van der Waals surface area contributed by atoms with Gasteiger partial charge in [-0.1, -0.05) is 18.2 Å². The van der Waals surface area contributed by atoms with Crippen LogP contribution in [0.25, 0.3) is 11.9 Å². The highest BCUT2D eigenvalue weighted by molar-refractivity contribution is 6.16. The molecule has 8 nitrogen and oxygen atoms in total. The maximum Gasteiger partial charge on any atom is 0.329 e. The van der Waals surface area contributed by atoms with Gasteiger partial charge in [0.15, 0.2) is 0 Å². The lowest BCUT2D eigenvalue weighted by Gasteiger charge is -2.12. The summed E-state index contributed by atoms with van der Waals surface area (Å²) in [4.78, 5) is 43.0. The minimum Gasteiger partial charge on any atom is -0.325 e. The number of rotatable bonds is 5. The zero-order valence-electron chi connectivity index (χ0n) is 19.0. The Balaban J connectivity index is 1.53. The van der Waals surface area contributed by atoms with E-state index in [0.29, 0.717) is 5.69 Å². The van der Waals surface area contributed by atoms with E-state index in [1.54, 1.807) is 18.3 Å². The summed E-state index contributed by atoms with van der Waals surface area (Å²) >= 11 is 0. The van der Waals surface area contributed by atoms with Crippen molar-refractivity contribution in [3.05, 3.63) is 82.4 Å². The summed E-state index contributed by atoms with van der Waals surface area (Å²) in [5, 5.41) is 5.29. The Labute approximate surface area is 191 Å². The molecule has 3 aromatic rings. The molecule has 0 radical (unpaired) electrons. The van der Waals surface area contributed by atoms with Gasteiger partial charge in [0.25, 0.3) is 5.91 Å². The molecule has 1 aromatic carbocycles. The standard InChI is InChI=1S/C25H25N5O3/c1-15-6-5-7-20(10-15)27-23(31)14-29-24(32)21(28-25(29)33)12-19-11-17(3)30(18(19)4)22-9-8-16(2)13-26-22/h5-13H,14H2,1-4H3,(H,27,31)(H,28,33)/b21-12+. The van der Waals surface area contributed by atoms with E-state index in [9.17, 15) is 14.4 Å². The smallest absolute Gasteiger partial charge is 0.325 e. The summed E-state index contributed by atoms with van der Waals surface area (Å²) in [5.41, 5.74) is 5.40. The number of pyridine rings is 1. The van der Waals surface area contributed by atoms with Gasteiger partial charge in [-0.2, -0.15) is 0 Å². The molecular weight excluding hydrogens is 418 g/mol. The number of anilines is 1. The number of imide groups is 1. The number of amides is 4. The maximum atomic E-state index is 12.8. The van der Waals surface area contributed by atoms with E-state index in [0.717, 1.165) is 38.8 Å². The lowest BCUT2D eigenvalue weighted by molar-refractivity contribution is -0.127. The van der Waals surface area contributed by atoms with E-state index in [2.05, 4.69) is 15.6 Å². The summed E-state index contributed by atoms with van der Waals surface area (Å²) in [5.74, 6) is -0.219. The third-order valence-corrected chi connectivity index (χ3v) is 5.46. The van der Waals surface area contributed by atoms with Crippen molar-refractivity contribution in [1.82, 2.24) is 19.8 Å². The fraction of sp³-hybridized carbons (Fsp3) is 0.200. The number of urea groups is 1. The highest BCUT2D eigenvalue weighted by Gasteiger charge is 2.35. The van der Waals surface area contributed by atoms with Crippen molar-refractivity contribution in [2.24, 2.45) is 0 Å². The molecule has 8 heteroatoms. The van der Waals surface area contributed by atoms with Crippen LogP contribution in [0.15, 0.2) is 54.4 Å². The lowest BCUT2D eigenvalue weighted by Crippen LogP contribution is -2.38. The van der Waals surface area contributed by atoms with Crippen molar-refractivity contribution < 1.29 is 14.4 Å². The zero-order valence-corrected chi connectivity index (χ0v) is 19.0. The van der Waals surface area contributed by atoms with Crippen LogP contribution in [0.2, 0.25) is 0 Å². The quantitative estimate of drug-likeness (QED) is 0.465. The SMILES string of the molecule is Cc1ccc(-n2c(C)cc(/C=C3/NC(=O)N(CC(=O)Nc4cccc(C)c4)C3=O)c2C)nc1. The summed E-state index contributed by atoms with van der Waals surface area (Å²) in [6.45, 7) is 7.39. The van der Waals surface area contributed by atoms with E-state index >= 15 is 0 Å². The van der Waals surface area contributed by atoms with Gasteiger partial charge in [-0.05, 0) is 74.7 Å². The molecule has 1 fully saturated rings. The van der Waals surface area contributed by atoms with Crippen molar-refractivity contribution in [2.45, 2.75) is 27.7 Å². The topological polar surface area (TPSA) is 96.3 Å². The largest absolute Gasteiger partial charge is 0.329 e. The number of benzene rings is 1. The second-order valence-electron chi connectivity index (χ2n) is 8.15. The van der Waals surface area contributed by atoms with Crippen molar-refractivity contribution >= 4 is 29.6 Å². The van der Waals surface area contributed by atoms with Crippen LogP contribution in [0.1, 0.15) is 28.1 Å². The van der Waals surface area contributed by atoms with E-state index < -0.39 is 17.8 Å². The number of nitrogens with zero attached hydrogens (tertiary/aromatic N) is 3. The molecule has 2 aromatic heterocycles. The molecule has 168 valence electrons. The van der Waals surface area contributed by atoms with Crippen LogP contribution in [-0.2, 0) is 9.59 Å². The molecule has 2 N–H and O–H groups in total. The molecule has 1 aliphatic rings. The number of carbonyl (C=O) groups is 3. The van der Waals surface area contributed by atoms with Gasteiger partial charge in [0.1, 0.15) is 18.1 Å². The second-order valence-corrected chi connectivity index (χ2v) is 8.15. The van der Waals surface area contributed by atoms with Gasteiger partial charge in [-0.25, -0.2) is 14.7 Å². The third kappa shape index (κ3) is 4.55. The molecule has 0 saturated carbocycles. The molecule has 4 rings (SSSR count). The molecule has 0 spiro atoms. The highest BCUT2D eigenvalue weighted by Crippen LogP contribution is 2.23. The highest BCUT2D eigenvalue weighted by atomic mass is 16.2. The fourth-order valence-corrected chi connectivity index (χ4v) is 3.82. The van der Waals surface area contributed by atoms with Crippen LogP contribution >= 0.6 is 0 Å². The van der Waals surface area contributed by atoms with Crippen LogP contribution in [-0.4, -0.2) is 38.8 Å². The van der Waals surface area contributed by atoms with Crippen molar-refractivity contribution in [3.63, 3.8) is 0 Å². The van der Waals surface area contributed by atoms with Gasteiger partial charge < -0.3 is 15.2 Å². The fourth-order valence-electron chi connectivity index (χ4n) is 3.82. The van der Waals surface area contributed by atoms with Gasteiger partial charge in [0.2, 0.25) is 5.91 Å². The van der Waals surface area contributed by atoms with Crippen LogP contribution in [0.5, 0.6) is 0 Å². The van der Waals surface area contributed by atoms with Crippen molar-refractivity contribution in [2.75, 3.05) is 11.9 Å². The molecule has 0 bridgehead atoms. The predicted octanol–water partition coefficient (Wildman–Crippen LogP) is 3.64. The average molecular weight is 444 g/mol. The minimum absolute atomic E-state index is 0.125. The molecule has 4 amide bonds. The van der Waals surface area contributed by atoms with Gasteiger partial charge >= 0.3 is 6.03 Å². The van der Waals surface area contributed by atoms with Gasteiger partial charge in [-0.15, -0.1) is 0 Å². The molecule has 0 aliphatic carbocycles. The van der Waals surface area contributed by atoms with Gasteiger partial charge in [0.05, 0.1) is 0 Å². The van der Waals surface area contributed by atoms with Crippen LogP contribution < -0.4 is 10.6 Å². The first-order valence-electron chi connectivity index (χ1n) is 10.6. The Morgan fingerprint density at radius 2 is 1.85 bits per heavy atom. The lowest BCUT2D eigenvalue weighted by atomic mass is 10.2. The first-order valence-corrected chi connectivity index (χ1v) is 10.6. The number of aryl methyl sites for hydroxylation is 3. The first-order chi connectivity index (χ1) is 15.7. The summed E-state index contributed by atoms with van der Waals surface area (Å²) in [6.07, 6.45) is 3.43. The van der Waals surface area contributed by atoms with Crippen molar-refractivity contribution in [1.29, 1.82) is 0 Å². The maximum absolute atomic E-state index is 12.8. The van der Waals surface area contributed by atoms with E-state index in [1.165, 1.54) is 0 Å². The molecule has 0 unspecified atom stereocenters. The minimum atomic E-state index is -0.625. The summed E-state index contributed by atoms with van der Waals surface area (Å²) in [7, 11) is 0. The number of hydrogen-bond donors (Lipinski definition) is 2. The van der Waals surface area contributed by atoms with Crippen molar-refractivity contribution in [3.8, 4) is 5.82 Å². The van der Waals surface area contributed by atoms with Crippen LogP contribution in [0.4, 0.5) is 10.5 Å². The van der Waals surface area contributed by atoms with Gasteiger partial charge in [0, 0.05) is 23.3 Å². The van der Waals surface area contributed by atoms with Crippen LogP contribution in [0, 0.1) is 27.7 Å². The van der Waals surface area contributed by atoms with E-state index in [-0.39, 0.29) is 12.2 Å². The molecule has 3 heterocycles. The summed E-state index contributed by atoms with van der Waals surface area (Å²) < 4.78 is 1.99. The first kappa shape index (κ1) is 22.0. The number of carbonyl (C=O) groups excluding carboxylic acids is 3. The number of hydrogen-bond acceptors (Lipinski definition) is 4. The van der Waals surface area contributed by atoms with E-state index in [1.807, 2.05) is 68.7 Å². The predicted molar refractivity (Wildman–Crippen MR) is 126 cm³/mol. The Bertz CT molecular complexity index is 1290. The Morgan fingerprint density at radius 3 is 2.55 bits per heavy atom. The molecule has 1 aliphatic heterocycles. The number of aromatic nitrogens is 2. The molecule has 1 saturated heterocycles. The third-order valence-electron chi connectivity index (χ3n) is 5.46. The molecule has 33 heavy (non-hydrogen) atoms. The van der Waals surface area contributed by atoms with Crippen LogP contribution in [0.3, 0.4) is 0 Å². The monoisotopic (exact) mass is 443 g/mol. The number of nitrogens with one attached hydrogen (secondary N) is 2. The average Bonchev–Trinajstić information content (AvgIpc) is 3.18. The molecule has 0 atom stereocenters. The molecular formula is C25H25N5O3. The van der Waals surface area contributed by atoms with E-state index in [4.69, 9.17) is 0 Å². The second kappa shape index (κ2) is 8.74. The normalized spacial score (nSPS) is 14.7. The van der Waals surface area contributed by atoms with Gasteiger partial charge in [-0.3, -0.25) is 9.59 Å². The summed E-state index contributed by atoms with van der Waals surface area (Å²) in [6, 6.07) is 12.5. The Kier molecular flexibility index (Phi) is 5.83. The Morgan fingerprint density at radius 1 is 1.06 bits per heavy atom. The zero-order chi connectivity index (χ0) is 23.7. The Hall–Kier alpha value is -4.20.